The second-order valence-electron chi connectivity index (χ2n) is 4.09. The van der Waals surface area contributed by atoms with E-state index in [4.69, 9.17) is 4.74 Å². The van der Waals surface area contributed by atoms with Crippen molar-refractivity contribution in [1.82, 2.24) is 10.2 Å². The molecule has 0 spiro atoms. The van der Waals surface area contributed by atoms with Crippen LogP contribution in [0.3, 0.4) is 0 Å². The SMILES string of the molecule is CC(NC1CCOC1C)C(=O)N(C)C. The van der Waals surface area contributed by atoms with E-state index in [0.717, 1.165) is 13.0 Å². The molecule has 0 aromatic rings. The van der Waals surface area contributed by atoms with Crippen LogP contribution in [0.2, 0.25) is 0 Å². The van der Waals surface area contributed by atoms with E-state index >= 15 is 0 Å². The lowest BCUT2D eigenvalue weighted by Crippen LogP contribution is -2.48. The van der Waals surface area contributed by atoms with Gasteiger partial charge in [0, 0.05) is 26.7 Å². The topological polar surface area (TPSA) is 41.6 Å². The van der Waals surface area contributed by atoms with Gasteiger partial charge in [0.25, 0.3) is 0 Å². The first-order valence-corrected chi connectivity index (χ1v) is 5.11. The van der Waals surface area contributed by atoms with Gasteiger partial charge in [-0.15, -0.1) is 0 Å². The first-order valence-electron chi connectivity index (χ1n) is 5.11. The van der Waals surface area contributed by atoms with Crippen LogP contribution in [0.25, 0.3) is 0 Å². The monoisotopic (exact) mass is 200 g/mol. The molecule has 3 unspecified atom stereocenters. The van der Waals surface area contributed by atoms with E-state index in [0.29, 0.717) is 6.04 Å². The standard InChI is InChI=1S/C10H20N2O2/c1-7(10(13)12(3)4)11-9-5-6-14-8(9)2/h7-9,11H,5-6H2,1-4H3. The number of nitrogens with one attached hydrogen (secondary N) is 1. The molecule has 0 bridgehead atoms. The van der Waals surface area contributed by atoms with Crippen LogP contribution < -0.4 is 5.32 Å². The summed E-state index contributed by atoms with van der Waals surface area (Å²) in [7, 11) is 3.55. The Bertz CT molecular complexity index is 206. The van der Waals surface area contributed by atoms with Gasteiger partial charge in [0.05, 0.1) is 12.1 Å². The molecule has 0 aromatic carbocycles. The molecule has 1 N–H and O–H groups in total. The molecule has 82 valence electrons. The van der Waals surface area contributed by atoms with E-state index in [1.54, 1.807) is 19.0 Å². The lowest BCUT2D eigenvalue weighted by atomic mass is 10.1. The van der Waals surface area contributed by atoms with Gasteiger partial charge in [0.2, 0.25) is 5.91 Å². The minimum absolute atomic E-state index is 0.115. The van der Waals surface area contributed by atoms with Crippen molar-refractivity contribution in [2.24, 2.45) is 0 Å². The van der Waals surface area contributed by atoms with Crippen LogP contribution in [0.5, 0.6) is 0 Å². The molecule has 1 aliphatic heterocycles. The number of rotatable bonds is 3. The second-order valence-corrected chi connectivity index (χ2v) is 4.09. The van der Waals surface area contributed by atoms with E-state index in [1.807, 2.05) is 13.8 Å². The Labute approximate surface area is 85.6 Å². The third kappa shape index (κ3) is 2.69. The highest BCUT2D eigenvalue weighted by molar-refractivity contribution is 5.80. The van der Waals surface area contributed by atoms with Gasteiger partial charge in [-0.25, -0.2) is 0 Å². The molecule has 1 fully saturated rings. The molecule has 0 radical (unpaired) electrons. The fourth-order valence-corrected chi connectivity index (χ4v) is 1.73. The van der Waals surface area contributed by atoms with Gasteiger partial charge in [-0.3, -0.25) is 4.79 Å². The van der Waals surface area contributed by atoms with E-state index in [-0.39, 0.29) is 18.1 Å². The molecule has 14 heavy (non-hydrogen) atoms. The molecule has 1 rings (SSSR count). The van der Waals surface area contributed by atoms with Gasteiger partial charge in [-0.2, -0.15) is 0 Å². The number of hydrogen-bond acceptors (Lipinski definition) is 3. The van der Waals surface area contributed by atoms with Crippen LogP contribution in [-0.4, -0.2) is 49.7 Å². The summed E-state index contributed by atoms with van der Waals surface area (Å²) < 4.78 is 5.42. The van der Waals surface area contributed by atoms with E-state index in [2.05, 4.69) is 5.32 Å². The van der Waals surface area contributed by atoms with Crippen LogP contribution in [0.1, 0.15) is 20.3 Å². The van der Waals surface area contributed by atoms with Gasteiger partial charge in [-0.05, 0) is 20.3 Å². The number of amides is 1. The first-order chi connectivity index (χ1) is 6.52. The van der Waals surface area contributed by atoms with Crippen LogP contribution in [0.4, 0.5) is 0 Å². The minimum Gasteiger partial charge on any atom is -0.377 e. The maximum absolute atomic E-state index is 11.6. The number of carbonyl (C=O) groups is 1. The van der Waals surface area contributed by atoms with Gasteiger partial charge in [-0.1, -0.05) is 0 Å². The Morgan fingerprint density at radius 3 is 2.64 bits per heavy atom. The number of likely N-dealkylation sites (N-methyl/N-ethyl adjacent to an activating group) is 1. The molecular formula is C10H20N2O2. The smallest absolute Gasteiger partial charge is 0.238 e. The highest BCUT2D eigenvalue weighted by Crippen LogP contribution is 2.13. The quantitative estimate of drug-likeness (QED) is 0.709. The number of hydrogen-bond donors (Lipinski definition) is 1. The number of nitrogens with zero attached hydrogens (tertiary/aromatic N) is 1. The lowest BCUT2D eigenvalue weighted by molar-refractivity contribution is -0.130. The fourth-order valence-electron chi connectivity index (χ4n) is 1.73. The van der Waals surface area contributed by atoms with Crippen molar-refractivity contribution in [3.63, 3.8) is 0 Å². The van der Waals surface area contributed by atoms with Crippen molar-refractivity contribution in [2.75, 3.05) is 20.7 Å². The predicted octanol–water partition coefficient (Wildman–Crippen LogP) is 0.230. The van der Waals surface area contributed by atoms with Crippen molar-refractivity contribution < 1.29 is 9.53 Å². The van der Waals surface area contributed by atoms with Crippen molar-refractivity contribution in [2.45, 2.75) is 38.5 Å². The Morgan fingerprint density at radius 1 is 1.57 bits per heavy atom. The third-order valence-corrected chi connectivity index (χ3v) is 2.65. The Hall–Kier alpha value is -0.610. The lowest BCUT2D eigenvalue weighted by Gasteiger charge is -2.23. The summed E-state index contributed by atoms with van der Waals surface area (Å²) in [5.74, 6) is 0.115. The Morgan fingerprint density at radius 2 is 2.21 bits per heavy atom. The summed E-state index contributed by atoms with van der Waals surface area (Å²) in [6.07, 6.45) is 1.21. The average molecular weight is 200 g/mol. The number of ether oxygens (including phenoxy) is 1. The summed E-state index contributed by atoms with van der Waals surface area (Å²) in [6.45, 7) is 4.73. The van der Waals surface area contributed by atoms with Crippen LogP contribution in [0, 0.1) is 0 Å². The summed E-state index contributed by atoms with van der Waals surface area (Å²) in [4.78, 5) is 13.2. The van der Waals surface area contributed by atoms with Crippen LogP contribution >= 0.6 is 0 Å². The van der Waals surface area contributed by atoms with Gasteiger partial charge < -0.3 is 15.0 Å². The molecule has 3 atom stereocenters. The van der Waals surface area contributed by atoms with Crippen molar-refractivity contribution in [3.8, 4) is 0 Å². The predicted molar refractivity (Wildman–Crippen MR) is 55.1 cm³/mol. The fraction of sp³-hybridized carbons (Fsp3) is 0.900. The zero-order valence-corrected chi connectivity index (χ0v) is 9.41. The zero-order valence-electron chi connectivity index (χ0n) is 9.41. The average Bonchev–Trinajstić information content (AvgIpc) is 2.50. The second kappa shape index (κ2) is 4.75. The molecule has 0 saturated carbocycles. The van der Waals surface area contributed by atoms with Crippen molar-refractivity contribution >= 4 is 5.91 Å². The Balaban J connectivity index is 2.39. The highest BCUT2D eigenvalue weighted by Gasteiger charge is 2.27. The minimum atomic E-state index is -0.126. The summed E-state index contributed by atoms with van der Waals surface area (Å²) in [5.41, 5.74) is 0. The molecule has 1 saturated heterocycles. The summed E-state index contributed by atoms with van der Waals surface area (Å²) in [6, 6.07) is 0.188. The Kier molecular flexibility index (Phi) is 3.89. The third-order valence-electron chi connectivity index (χ3n) is 2.65. The maximum Gasteiger partial charge on any atom is 0.238 e. The van der Waals surface area contributed by atoms with E-state index < -0.39 is 0 Å². The van der Waals surface area contributed by atoms with Crippen molar-refractivity contribution in [3.05, 3.63) is 0 Å². The van der Waals surface area contributed by atoms with Crippen LogP contribution in [-0.2, 0) is 9.53 Å². The maximum atomic E-state index is 11.6. The van der Waals surface area contributed by atoms with Gasteiger partial charge in [0.15, 0.2) is 0 Å². The van der Waals surface area contributed by atoms with E-state index in [1.165, 1.54) is 0 Å². The summed E-state index contributed by atoms with van der Waals surface area (Å²) in [5, 5.41) is 3.29. The molecular weight excluding hydrogens is 180 g/mol. The first kappa shape index (κ1) is 11.5. The largest absolute Gasteiger partial charge is 0.377 e. The normalized spacial score (nSPS) is 28.9. The molecule has 1 heterocycles. The van der Waals surface area contributed by atoms with E-state index in [9.17, 15) is 4.79 Å². The zero-order chi connectivity index (χ0) is 10.7. The molecule has 0 aliphatic carbocycles. The highest BCUT2D eigenvalue weighted by atomic mass is 16.5. The van der Waals surface area contributed by atoms with Gasteiger partial charge in [0.1, 0.15) is 0 Å². The molecule has 1 amide bonds. The van der Waals surface area contributed by atoms with Crippen molar-refractivity contribution in [1.29, 1.82) is 0 Å². The molecule has 4 heteroatoms. The summed E-state index contributed by atoms with van der Waals surface area (Å²) >= 11 is 0. The molecule has 1 aliphatic rings. The van der Waals surface area contributed by atoms with Gasteiger partial charge >= 0.3 is 0 Å². The molecule has 4 nitrogen and oxygen atoms in total. The number of carbonyl (C=O) groups excluding carboxylic acids is 1. The molecule has 0 aromatic heterocycles. The van der Waals surface area contributed by atoms with Crippen LogP contribution in [0.15, 0.2) is 0 Å².